The van der Waals surface area contributed by atoms with Crippen molar-refractivity contribution in [3.8, 4) is 6.01 Å². The van der Waals surface area contributed by atoms with Crippen LogP contribution in [0.2, 0.25) is 0 Å². The first-order chi connectivity index (χ1) is 7.37. The van der Waals surface area contributed by atoms with E-state index >= 15 is 0 Å². The van der Waals surface area contributed by atoms with Crippen LogP contribution in [0, 0.1) is 13.8 Å². The summed E-state index contributed by atoms with van der Waals surface area (Å²) >= 11 is 0. The van der Waals surface area contributed by atoms with Crippen molar-refractivity contribution in [2.45, 2.75) is 20.3 Å². The summed E-state index contributed by atoms with van der Waals surface area (Å²) < 4.78 is 27.0. The van der Waals surface area contributed by atoms with Crippen LogP contribution in [0.1, 0.15) is 17.8 Å². The van der Waals surface area contributed by atoms with E-state index in [4.69, 9.17) is 4.74 Å². The average molecular weight is 244 g/mol. The van der Waals surface area contributed by atoms with E-state index in [0.717, 1.165) is 11.4 Å². The molecule has 0 radical (unpaired) electrons. The molecule has 0 bridgehead atoms. The molecule has 90 valence electrons. The second-order valence-electron chi connectivity index (χ2n) is 3.77. The third-order valence-corrected chi connectivity index (χ3v) is 2.88. The maximum absolute atomic E-state index is 10.9. The predicted molar refractivity (Wildman–Crippen MR) is 61.3 cm³/mol. The Morgan fingerprint density at radius 2 is 1.81 bits per heavy atom. The van der Waals surface area contributed by atoms with Gasteiger partial charge in [0.05, 0.1) is 12.4 Å². The predicted octanol–water partition coefficient (Wildman–Crippen LogP) is 0.907. The Balaban J connectivity index is 2.43. The molecular weight excluding hydrogens is 228 g/mol. The van der Waals surface area contributed by atoms with E-state index in [-0.39, 0.29) is 5.75 Å². The quantitative estimate of drug-likeness (QED) is 0.720. The number of aryl methyl sites for hydroxylation is 2. The van der Waals surface area contributed by atoms with E-state index in [9.17, 15) is 8.42 Å². The Bertz CT molecular complexity index is 437. The average Bonchev–Trinajstić information content (AvgIpc) is 2.09. The van der Waals surface area contributed by atoms with Crippen LogP contribution in [-0.4, -0.2) is 37.0 Å². The van der Waals surface area contributed by atoms with Crippen molar-refractivity contribution in [2.24, 2.45) is 0 Å². The maximum Gasteiger partial charge on any atom is 0.316 e. The zero-order valence-electron chi connectivity index (χ0n) is 9.73. The lowest BCUT2D eigenvalue weighted by atomic mass is 10.4. The molecule has 5 nitrogen and oxygen atoms in total. The summed E-state index contributed by atoms with van der Waals surface area (Å²) in [5.74, 6) is 0.123. The van der Waals surface area contributed by atoms with Gasteiger partial charge in [-0.05, 0) is 26.3 Å². The van der Waals surface area contributed by atoms with Gasteiger partial charge in [0, 0.05) is 17.6 Å². The molecule has 0 N–H and O–H groups in total. The van der Waals surface area contributed by atoms with Gasteiger partial charge in [-0.15, -0.1) is 0 Å². The second-order valence-corrected chi connectivity index (χ2v) is 6.02. The Morgan fingerprint density at radius 1 is 1.25 bits per heavy atom. The van der Waals surface area contributed by atoms with Gasteiger partial charge in [-0.2, -0.15) is 0 Å². The van der Waals surface area contributed by atoms with E-state index in [2.05, 4.69) is 9.97 Å². The summed E-state index contributed by atoms with van der Waals surface area (Å²) in [4.78, 5) is 8.17. The normalized spacial score (nSPS) is 11.4. The molecule has 0 aromatic carbocycles. The van der Waals surface area contributed by atoms with Crippen molar-refractivity contribution >= 4 is 9.84 Å². The number of sulfone groups is 1. The number of nitrogens with zero attached hydrogens (tertiary/aromatic N) is 2. The third-order valence-electron chi connectivity index (χ3n) is 1.85. The fourth-order valence-corrected chi connectivity index (χ4v) is 1.88. The second kappa shape index (κ2) is 5.25. The number of rotatable bonds is 5. The number of ether oxygens (including phenoxy) is 1. The molecule has 0 saturated heterocycles. The first kappa shape index (κ1) is 12.9. The molecule has 1 heterocycles. The Kier molecular flexibility index (Phi) is 4.23. The summed E-state index contributed by atoms with van der Waals surface area (Å²) in [7, 11) is -2.92. The van der Waals surface area contributed by atoms with Crippen molar-refractivity contribution in [1.82, 2.24) is 9.97 Å². The lowest BCUT2D eigenvalue weighted by Crippen LogP contribution is -2.09. The fourth-order valence-electron chi connectivity index (χ4n) is 1.24. The number of hydrogen-bond donors (Lipinski definition) is 0. The maximum atomic E-state index is 10.9. The topological polar surface area (TPSA) is 69.2 Å². The van der Waals surface area contributed by atoms with Gasteiger partial charge in [-0.1, -0.05) is 0 Å². The molecule has 0 fully saturated rings. The minimum atomic E-state index is -2.92. The van der Waals surface area contributed by atoms with Crippen molar-refractivity contribution in [1.29, 1.82) is 0 Å². The molecule has 6 heteroatoms. The highest BCUT2D eigenvalue weighted by molar-refractivity contribution is 7.90. The highest BCUT2D eigenvalue weighted by Crippen LogP contribution is 2.06. The number of aromatic nitrogens is 2. The van der Waals surface area contributed by atoms with Crippen LogP contribution in [0.15, 0.2) is 6.07 Å². The summed E-state index contributed by atoms with van der Waals surface area (Å²) in [6.45, 7) is 4.03. The van der Waals surface area contributed by atoms with E-state index in [1.54, 1.807) is 0 Å². The SMILES string of the molecule is Cc1cc(C)nc(OCCCS(C)(=O)=O)n1. The van der Waals surface area contributed by atoms with E-state index in [1.807, 2.05) is 19.9 Å². The van der Waals surface area contributed by atoms with Gasteiger partial charge in [0.25, 0.3) is 0 Å². The van der Waals surface area contributed by atoms with Crippen LogP contribution in [0.4, 0.5) is 0 Å². The molecule has 0 aliphatic carbocycles. The fraction of sp³-hybridized carbons (Fsp3) is 0.600. The van der Waals surface area contributed by atoms with Crippen molar-refractivity contribution in [2.75, 3.05) is 18.6 Å². The van der Waals surface area contributed by atoms with Crippen LogP contribution in [0.5, 0.6) is 6.01 Å². The highest BCUT2D eigenvalue weighted by atomic mass is 32.2. The largest absolute Gasteiger partial charge is 0.463 e. The molecule has 1 aromatic heterocycles. The molecule has 0 spiro atoms. The molecule has 0 saturated carbocycles. The first-order valence-electron chi connectivity index (χ1n) is 4.99. The molecule has 0 aliphatic rings. The van der Waals surface area contributed by atoms with Gasteiger partial charge in [0.2, 0.25) is 0 Å². The Labute approximate surface area is 95.8 Å². The molecule has 1 aromatic rings. The minimum absolute atomic E-state index is 0.123. The summed E-state index contributed by atoms with van der Waals surface area (Å²) in [6, 6.07) is 2.16. The molecule has 16 heavy (non-hydrogen) atoms. The van der Waals surface area contributed by atoms with E-state index < -0.39 is 9.84 Å². The van der Waals surface area contributed by atoms with Crippen LogP contribution in [-0.2, 0) is 9.84 Å². The van der Waals surface area contributed by atoms with Gasteiger partial charge in [-0.25, -0.2) is 18.4 Å². The van der Waals surface area contributed by atoms with Crippen LogP contribution in [0.3, 0.4) is 0 Å². The van der Waals surface area contributed by atoms with E-state index in [1.165, 1.54) is 6.26 Å². The highest BCUT2D eigenvalue weighted by Gasteiger charge is 2.03. The standard InChI is InChI=1S/C10H16N2O3S/c1-8-7-9(2)12-10(11-8)15-5-4-6-16(3,13)14/h7H,4-6H2,1-3H3. The van der Waals surface area contributed by atoms with E-state index in [0.29, 0.717) is 19.0 Å². The molecular formula is C10H16N2O3S. The Hall–Kier alpha value is -1.17. The zero-order valence-corrected chi connectivity index (χ0v) is 10.5. The van der Waals surface area contributed by atoms with Gasteiger partial charge < -0.3 is 4.74 Å². The summed E-state index contributed by atoms with van der Waals surface area (Å²) in [5.41, 5.74) is 1.68. The monoisotopic (exact) mass is 244 g/mol. The van der Waals surface area contributed by atoms with Crippen molar-refractivity contribution in [3.05, 3.63) is 17.5 Å². The smallest absolute Gasteiger partial charge is 0.316 e. The molecule has 0 aliphatic heterocycles. The van der Waals surface area contributed by atoms with Crippen LogP contribution < -0.4 is 4.74 Å². The lowest BCUT2D eigenvalue weighted by molar-refractivity contribution is 0.291. The van der Waals surface area contributed by atoms with Crippen LogP contribution >= 0.6 is 0 Å². The first-order valence-corrected chi connectivity index (χ1v) is 7.06. The molecule has 0 amide bonds. The zero-order chi connectivity index (χ0) is 12.2. The van der Waals surface area contributed by atoms with Crippen molar-refractivity contribution < 1.29 is 13.2 Å². The summed E-state index contributed by atoms with van der Waals surface area (Å²) in [6.07, 6.45) is 1.66. The van der Waals surface area contributed by atoms with Crippen LogP contribution in [0.25, 0.3) is 0 Å². The van der Waals surface area contributed by atoms with Gasteiger partial charge in [0.1, 0.15) is 9.84 Å². The molecule has 0 atom stereocenters. The van der Waals surface area contributed by atoms with Gasteiger partial charge >= 0.3 is 6.01 Å². The molecule has 1 rings (SSSR count). The van der Waals surface area contributed by atoms with Gasteiger partial charge in [-0.3, -0.25) is 0 Å². The summed E-state index contributed by atoms with van der Waals surface area (Å²) in [5, 5.41) is 0. The third kappa shape index (κ3) is 5.06. The molecule has 0 unspecified atom stereocenters. The minimum Gasteiger partial charge on any atom is -0.463 e. The lowest BCUT2D eigenvalue weighted by Gasteiger charge is -2.05. The van der Waals surface area contributed by atoms with Crippen molar-refractivity contribution in [3.63, 3.8) is 0 Å². The number of hydrogen-bond acceptors (Lipinski definition) is 5. The van der Waals surface area contributed by atoms with Gasteiger partial charge in [0.15, 0.2) is 0 Å². The Morgan fingerprint density at radius 3 is 2.31 bits per heavy atom.